The molecule has 2 aromatic heterocycles. The lowest BCUT2D eigenvalue weighted by atomic mass is 9.96. The number of carbonyl (C=O) groups excluding carboxylic acids is 1. The van der Waals surface area contributed by atoms with E-state index in [1.165, 1.54) is 45.8 Å². The summed E-state index contributed by atoms with van der Waals surface area (Å²) >= 11 is 0. The van der Waals surface area contributed by atoms with E-state index in [4.69, 9.17) is 9.62 Å². The molecule has 0 spiro atoms. The lowest BCUT2D eigenvalue weighted by Gasteiger charge is -2.37. The zero-order chi connectivity index (χ0) is 45.5. The van der Waals surface area contributed by atoms with E-state index in [1.54, 1.807) is 12.1 Å². The number of alkyl halides is 3. The molecular formula is C51H60F3N9O2. The van der Waals surface area contributed by atoms with Crippen LogP contribution in [0, 0.1) is 19.8 Å². The molecule has 2 N–H and O–H groups in total. The Morgan fingerprint density at radius 1 is 0.738 bits per heavy atom. The second-order valence-electron chi connectivity index (χ2n) is 17.7. The van der Waals surface area contributed by atoms with Crippen LogP contribution in [0.4, 0.5) is 24.5 Å². The van der Waals surface area contributed by atoms with Crippen molar-refractivity contribution < 1.29 is 22.5 Å². The number of piperazine rings is 2. The maximum Gasteiger partial charge on any atom is 0.417 e. The number of para-hydroxylation sites is 1. The Kier molecular flexibility index (Phi) is 14.4. The Morgan fingerprint density at radius 2 is 1.45 bits per heavy atom. The number of carbonyl (C=O) groups is 1. The van der Waals surface area contributed by atoms with Crippen LogP contribution < -0.4 is 20.4 Å². The summed E-state index contributed by atoms with van der Waals surface area (Å²) in [5.74, 6) is 0.998. The van der Waals surface area contributed by atoms with Crippen molar-refractivity contribution in [2.45, 2.75) is 53.4 Å². The number of nitrogens with zero attached hydrogens (tertiary/aromatic N) is 7. The number of anilines is 2. The second kappa shape index (κ2) is 20.5. The molecule has 0 saturated carbocycles. The van der Waals surface area contributed by atoms with Gasteiger partial charge in [0.25, 0.3) is 0 Å². The molecule has 0 atom stereocenters. The van der Waals surface area contributed by atoms with Gasteiger partial charge in [-0.3, -0.25) is 14.6 Å². The molecule has 0 aliphatic carbocycles. The number of hydrogen-bond acceptors (Lipinski definition) is 9. The highest BCUT2D eigenvalue weighted by atomic mass is 19.4. The van der Waals surface area contributed by atoms with E-state index in [0.29, 0.717) is 37.9 Å². The van der Waals surface area contributed by atoms with Crippen molar-refractivity contribution in [1.29, 1.82) is 0 Å². The lowest BCUT2D eigenvalue weighted by molar-refractivity contribution is -0.137. The number of hydrogen-bond donors (Lipinski definition) is 2. The summed E-state index contributed by atoms with van der Waals surface area (Å²) in [5.41, 5.74) is 9.89. The minimum Gasteiger partial charge on any atom is -0.369 e. The fourth-order valence-corrected chi connectivity index (χ4v) is 9.03. The minimum atomic E-state index is -4.47. The zero-order valence-electron chi connectivity index (χ0n) is 37.9. The van der Waals surface area contributed by atoms with Gasteiger partial charge in [-0.25, -0.2) is 4.68 Å². The molecule has 8 rings (SSSR count). The number of aromatic nitrogens is 3. The molecular weight excluding hydrogens is 828 g/mol. The maximum atomic E-state index is 13.5. The van der Waals surface area contributed by atoms with Gasteiger partial charge in [0, 0.05) is 94.1 Å². The second-order valence-corrected chi connectivity index (χ2v) is 17.7. The van der Waals surface area contributed by atoms with Gasteiger partial charge >= 0.3 is 6.18 Å². The first-order valence-electron chi connectivity index (χ1n) is 22.8. The van der Waals surface area contributed by atoms with E-state index in [0.717, 1.165) is 88.5 Å². The van der Waals surface area contributed by atoms with Crippen LogP contribution in [0.1, 0.15) is 47.7 Å². The molecule has 2 aliphatic heterocycles. The van der Waals surface area contributed by atoms with Crippen molar-refractivity contribution in [3.63, 3.8) is 0 Å². The number of amides is 1. The number of rotatable bonds is 16. The minimum absolute atomic E-state index is 0.0129. The maximum absolute atomic E-state index is 13.5. The van der Waals surface area contributed by atoms with Crippen molar-refractivity contribution in [2.24, 2.45) is 5.92 Å². The van der Waals surface area contributed by atoms with Crippen LogP contribution in [0.5, 0.6) is 0 Å². The standard InChI is InChI=1S/C51H60F3N9O2/c1-36(2)27-43-30-40(57-63(43)41-12-6-5-7-13-41)33-56-50(64)35-60-21-23-61(24-22-60)42-14-10-11-39(29-42)46-32-49(38(4)28-37(46)3)62-25-19-59(20-26-62)18-17-55-34-44-31-48(58-65-44)45-15-8-9-16-47(45)51(52,53)54/h5-16,28-32,36,55H,17-27,33-35H2,1-4H3,(H,56,64). The normalized spacial score (nSPS) is 15.3. The van der Waals surface area contributed by atoms with E-state index in [2.05, 4.69) is 118 Å². The lowest BCUT2D eigenvalue weighted by Crippen LogP contribution is -2.49. The monoisotopic (exact) mass is 887 g/mol. The first kappa shape index (κ1) is 45.6. The number of aryl methyl sites for hydroxylation is 2. The van der Waals surface area contributed by atoms with Gasteiger partial charge in [0.05, 0.1) is 36.6 Å². The molecule has 65 heavy (non-hydrogen) atoms. The van der Waals surface area contributed by atoms with E-state index >= 15 is 0 Å². The van der Waals surface area contributed by atoms with E-state index in [-0.39, 0.29) is 17.2 Å². The average Bonchev–Trinajstić information content (AvgIpc) is 3.95. The summed E-state index contributed by atoms with van der Waals surface area (Å²) in [6.45, 7) is 18.5. The topological polar surface area (TPSA) is 97.9 Å². The Morgan fingerprint density at radius 3 is 2.20 bits per heavy atom. The molecule has 0 radical (unpaired) electrons. The van der Waals surface area contributed by atoms with Gasteiger partial charge in [-0.2, -0.15) is 18.3 Å². The summed E-state index contributed by atoms with van der Waals surface area (Å²) in [5, 5.41) is 15.2. The Balaban J connectivity index is 0.796. The third-order valence-electron chi connectivity index (χ3n) is 12.4. The van der Waals surface area contributed by atoms with Gasteiger partial charge in [-0.1, -0.05) is 73.6 Å². The summed E-state index contributed by atoms with van der Waals surface area (Å²) in [7, 11) is 0. The Labute approximate surface area is 380 Å². The molecule has 6 aromatic rings. The van der Waals surface area contributed by atoms with Crippen LogP contribution in [-0.4, -0.2) is 103 Å². The van der Waals surface area contributed by atoms with Crippen LogP contribution in [-0.2, 0) is 30.5 Å². The fraction of sp³-hybridized carbons (Fsp3) is 0.392. The average molecular weight is 888 g/mol. The van der Waals surface area contributed by atoms with Crippen LogP contribution in [0.3, 0.4) is 0 Å². The summed E-state index contributed by atoms with van der Waals surface area (Å²) < 4.78 is 47.9. The van der Waals surface area contributed by atoms with Crippen LogP contribution in [0.15, 0.2) is 108 Å². The smallest absolute Gasteiger partial charge is 0.369 e. The molecule has 4 heterocycles. The predicted molar refractivity (Wildman–Crippen MR) is 251 cm³/mol. The van der Waals surface area contributed by atoms with Gasteiger partial charge < -0.3 is 25.0 Å². The molecule has 2 fully saturated rings. The molecule has 0 bridgehead atoms. The van der Waals surface area contributed by atoms with Crippen molar-refractivity contribution in [1.82, 2.24) is 35.4 Å². The Bertz CT molecular complexity index is 2520. The molecule has 342 valence electrons. The van der Waals surface area contributed by atoms with E-state index in [1.807, 2.05) is 22.9 Å². The van der Waals surface area contributed by atoms with Crippen molar-refractivity contribution >= 4 is 17.3 Å². The third kappa shape index (κ3) is 11.5. The summed E-state index contributed by atoms with van der Waals surface area (Å²) in [4.78, 5) is 22.7. The van der Waals surface area contributed by atoms with Gasteiger partial charge in [0.1, 0.15) is 5.69 Å². The van der Waals surface area contributed by atoms with Gasteiger partial charge in [-0.05, 0) is 90.9 Å². The number of benzene rings is 4. The van der Waals surface area contributed by atoms with Gasteiger partial charge in [0.15, 0.2) is 5.76 Å². The van der Waals surface area contributed by atoms with Gasteiger partial charge in [0.2, 0.25) is 5.91 Å². The number of halogens is 3. The van der Waals surface area contributed by atoms with Crippen LogP contribution in [0.25, 0.3) is 28.1 Å². The highest BCUT2D eigenvalue weighted by molar-refractivity contribution is 5.78. The van der Waals surface area contributed by atoms with Crippen molar-refractivity contribution in [3.05, 3.63) is 137 Å². The van der Waals surface area contributed by atoms with Crippen LogP contribution in [0.2, 0.25) is 0 Å². The molecule has 11 nitrogen and oxygen atoms in total. The highest BCUT2D eigenvalue weighted by Gasteiger charge is 2.34. The van der Waals surface area contributed by atoms with Crippen molar-refractivity contribution in [3.8, 4) is 28.1 Å². The summed E-state index contributed by atoms with van der Waals surface area (Å²) in [6.07, 6.45) is -3.56. The van der Waals surface area contributed by atoms with E-state index in [9.17, 15) is 18.0 Å². The first-order valence-corrected chi connectivity index (χ1v) is 22.8. The van der Waals surface area contributed by atoms with Crippen LogP contribution >= 0.6 is 0 Å². The summed E-state index contributed by atoms with van der Waals surface area (Å²) in [6, 6.07) is 32.8. The largest absolute Gasteiger partial charge is 0.417 e. The first-order chi connectivity index (χ1) is 31.4. The van der Waals surface area contributed by atoms with E-state index < -0.39 is 11.7 Å². The SMILES string of the molecule is Cc1cc(C)c(N2CCN(CCNCc3cc(-c4ccccc4C(F)(F)F)no3)CC2)cc1-c1cccc(N2CCN(CC(=O)NCc3cc(CC(C)C)n(-c4ccccc4)n3)CC2)c1. The number of nitrogens with one attached hydrogen (secondary N) is 2. The molecule has 4 aromatic carbocycles. The molecule has 1 amide bonds. The molecule has 2 saturated heterocycles. The zero-order valence-corrected chi connectivity index (χ0v) is 37.9. The molecule has 0 unspecified atom stereocenters. The van der Waals surface area contributed by atoms with Gasteiger partial charge in [-0.15, -0.1) is 0 Å². The quantitative estimate of drug-likeness (QED) is 0.0930. The predicted octanol–water partition coefficient (Wildman–Crippen LogP) is 8.38. The molecule has 14 heteroatoms. The fourth-order valence-electron chi connectivity index (χ4n) is 9.03. The molecule has 2 aliphatic rings. The van der Waals surface area contributed by atoms with Crippen molar-refractivity contribution in [2.75, 3.05) is 81.8 Å². The third-order valence-corrected chi connectivity index (χ3v) is 12.4. The Hall–Kier alpha value is -5.96. The highest BCUT2D eigenvalue weighted by Crippen LogP contribution is 2.37.